The normalized spacial score (nSPS) is 20.4. The van der Waals surface area contributed by atoms with Crippen molar-refractivity contribution in [3.8, 4) is 0 Å². The first-order valence-corrected chi connectivity index (χ1v) is 16.7. The zero-order valence-corrected chi connectivity index (χ0v) is 25.3. The van der Waals surface area contributed by atoms with E-state index in [-0.39, 0.29) is 13.0 Å². The number of nitrogens with zero attached hydrogens (tertiary/aromatic N) is 1. The van der Waals surface area contributed by atoms with Crippen molar-refractivity contribution in [1.82, 2.24) is 9.55 Å². The molecule has 0 saturated carbocycles. The number of aromatic nitrogens is 2. The molecule has 11 nitrogen and oxygen atoms in total. The number of aromatic amines is 1. The predicted octanol–water partition coefficient (Wildman–Crippen LogP) is 4.71. The van der Waals surface area contributed by atoms with Gasteiger partial charge >= 0.3 is 5.69 Å². The van der Waals surface area contributed by atoms with Crippen molar-refractivity contribution in [1.29, 1.82) is 0 Å². The minimum atomic E-state index is -4.65. The van der Waals surface area contributed by atoms with Crippen LogP contribution in [-0.4, -0.2) is 53.3 Å². The number of rotatable bonds is 24. The Morgan fingerprint density at radius 2 is 1.51 bits per heavy atom. The molecule has 1 unspecified atom stereocenters. The van der Waals surface area contributed by atoms with E-state index >= 15 is 0 Å². The average Bonchev–Trinajstić information content (AvgIpc) is 3.31. The van der Waals surface area contributed by atoms with Gasteiger partial charge in [-0.2, -0.15) is 4.39 Å². The van der Waals surface area contributed by atoms with Gasteiger partial charge in [-0.25, -0.2) is 4.79 Å². The lowest BCUT2D eigenvalue weighted by Gasteiger charge is -2.25. The third-order valence-corrected chi connectivity index (χ3v) is 8.12. The van der Waals surface area contributed by atoms with Crippen LogP contribution in [0.15, 0.2) is 15.8 Å². The van der Waals surface area contributed by atoms with Crippen LogP contribution in [-0.2, 0) is 23.1 Å². The molecule has 2 heterocycles. The van der Waals surface area contributed by atoms with Gasteiger partial charge in [-0.15, -0.1) is 0 Å². The van der Waals surface area contributed by atoms with Crippen molar-refractivity contribution in [3.63, 3.8) is 0 Å². The minimum Gasteiger partial charge on any atom is -0.756 e. The van der Waals surface area contributed by atoms with Crippen molar-refractivity contribution in [2.75, 3.05) is 26.4 Å². The molecule has 238 valence electrons. The van der Waals surface area contributed by atoms with Crippen molar-refractivity contribution in [2.24, 2.45) is 0 Å². The van der Waals surface area contributed by atoms with Gasteiger partial charge in [-0.3, -0.25) is 18.9 Å². The quantitative estimate of drug-likeness (QED) is 0.126. The predicted molar refractivity (Wildman–Crippen MR) is 151 cm³/mol. The lowest BCUT2D eigenvalue weighted by Crippen LogP contribution is -2.34. The van der Waals surface area contributed by atoms with Crippen LogP contribution in [0.25, 0.3) is 0 Å². The number of phosphoric acid groups is 1. The monoisotopic (exact) mass is 607 g/mol. The summed E-state index contributed by atoms with van der Waals surface area (Å²) < 4.78 is 47.0. The fourth-order valence-corrected chi connectivity index (χ4v) is 5.51. The Labute approximate surface area is 242 Å². The van der Waals surface area contributed by atoms with E-state index in [1.54, 1.807) is 4.98 Å². The van der Waals surface area contributed by atoms with Gasteiger partial charge in [0.2, 0.25) is 5.82 Å². The smallest absolute Gasteiger partial charge is 0.330 e. The second-order valence-electron chi connectivity index (χ2n) is 10.7. The molecule has 1 aromatic heterocycles. The van der Waals surface area contributed by atoms with Gasteiger partial charge in [-0.05, 0) is 12.8 Å². The van der Waals surface area contributed by atoms with Crippen LogP contribution in [0.4, 0.5) is 4.39 Å². The number of hydrogen-bond acceptors (Lipinski definition) is 9. The number of hydrogen-bond donors (Lipinski definition) is 2. The molecule has 1 aliphatic heterocycles. The standard InChI is InChI=1S/C28H50FN2O9P/c1-2-3-4-5-6-7-8-9-10-11-12-13-14-15-17-37-18-16-19-38-41(35,36)39-22-25-24(32)20-26(40-25)31-21-23(29)27(33)30-28(31)34/h21,24-26,32H,2-20,22H2,1H3,(H,35,36)(H,30,33,34)/p-1/t24-,25+,26+/m0/s1. The van der Waals surface area contributed by atoms with E-state index in [0.717, 1.165) is 17.4 Å². The van der Waals surface area contributed by atoms with Gasteiger partial charge in [0.1, 0.15) is 12.3 Å². The highest BCUT2D eigenvalue weighted by Gasteiger charge is 2.36. The van der Waals surface area contributed by atoms with Crippen LogP contribution < -0.4 is 16.1 Å². The summed E-state index contributed by atoms with van der Waals surface area (Å²) in [7, 11) is -4.65. The summed E-state index contributed by atoms with van der Waals surface area (Å²) in [5.41, 5.74) is -2.09. The molecule has 0 aromatic carbocycles. The molecule has 4 atom stereocenters. The van der Waals surface area contributed by atoms with E-state index in [4.69, 9.17) is 18.5 Å². The SMILES string of the molecule is CCCCCCCCCCCCCCCCOCCCOP(=O)([O-])OC[C@H]1O[C@@H](n2cc(F)c(=O)[nH]c2=O)C[C@@H]1O. The van der Waals surface area contributed by atoms with Gasteiger partial charge in [0.25, 0.3) is 13.4 Å². The van der Waals surface area contributed by atoms with Crippen molar-refractivity contribution < 1.29 is 37.5 Å². The second-order valence-corrected chi connectivity index (χ2v) is 12.1. The number of ether oxygens (including phenoxy) is 2. The number of aliphatic hydroxyl groups excluding tert-OH is 1. The Bertz CT molecular complexity index is 1010. The highest BCUT2D eigenvalue weighted by Crippen LogP contribution is 2.40. The fourth-order valence-electron chi connectivity index (χ4n) is 4.75. The maximum atomic E-state index is 13.5. The molecule has 0 radical (unpaired) electrons. The Hall–Kier alpha value is -1.40. The summed E-state index contributed by atoms with van der Waals surface area (Å²) in [4.78, 5) is 36.9. The Morgan fingerprint density at radius 3 is 2.12 bits per heavy atom. The van der Waals surface area contributed by atoms with Crippen LogP contribution in [0.2, 0.25) is 0 Å². The minimum absolute atomic E-state index is 0.109. The first-order valence-electron chi connectivity index (χ1n) is 15.3. The Balaban J connectivity index is 1.43. The third-order valence-electron chi connectivity index (χ3n) is 7.16. The summed E-state index contributed by atoms with van der Waals surface area (Å²) in [5.74, 6) is -1.19. The maximum Gasteiger partial charge on any atom is 0.330 e. The van der Waals surface area contributed by atoms with Crippen LogP contribution in [0, 0.1) is 5.82 Å². The largest absolute Gasteiger partial charge is 0.756 e. The maximum absolute atomic E-state index is 13.5. The molecule has 0 amide bonds. The van der Waals surface area contributed by atoms with E-state index in [9.17, 15) is 28.5 Å². The molecule has 13 heteroatoms. The van der Waals surface area contributed by atoms with Gasteiger partial charge in [0, 0.05) is 19.6 Å². The molecule has 0 aliphatic carbocycles. The molecular weight excluding hydrogens is 558 g/mol. The molecule has 0 bridgehead atoms. The van der Waals surface area contributed by atoms with Crippen molar-refractivity contribution in [3.05, 3.63) is 32.9 Å². The Morgan fingerprint density at radius 1 is 0.951 bits per heavy atom. The topological polar surface area (TPSA) is 152 Å². The van der Waals surface area contributed by atoms with Gasteiger partial charge in [0.05, 0.1) is 25.5 Å². The van der Waals surface area contributed by atoms with Crippen LogP contribution in [0.1, 0.15) is 116 Å². The molecule has 41 heavy (non-hydrogen) atoms. The van der Waals surface area contributed by atoms with Crippen molar-refractivity contribution in [2.45, 2.75) is 128 Å². The molecular formula is C28H49FN2O9P-. The number of unbranched alkanes of at least 4 members (excludes halogenated alkanes) is 13. The summed E-state index contributed by atoms with van der Waals surface area (Å²) in [6.07, 6.45) is 15.7. The van der Waals surface area contributed by atoms with Crippen LogP contribution in [0.3, 0.4) is 0 Å². The molecule has 2 N–H and O–H groups in total. The molecule has 1 saturated heterocycles. The van der Waals surface area contributed by atoms with Crippen molar-refractivity contribution >= 4 is 7.82 Å². The zero-order chi connectivity index (χ0) is 29.9. The number of aliphatic hydroxyl groups is 1. The average molecular weight is 608 g/mol. The van der Waals surface area contributed by atoms with Gasteiger partial charge in [0.15, 0.2) is 0 Å². The van der Waals surface area contributed by atoms with E-state index in [2.05, 4.69) is 6.92 Å². The highest BCUT2D eigenvalue weighted by atomic mass is 31.2. The lowest BCUT2D eigenvalue weighted by molar-refractivity contribution is -0.228. The Kier molecular flexibility index (Phi) is 17.9. The van der Waals surface area contributed by atoms with E-state index in [1.165, 1.54) is 77.0 Å². The fraction of sp³-hybridized carbons (Fsp3) is 0.857. The zero-order valence-electron chi connectivity index (χ0n) is 24.4. The molecule has 2 rings (SSSR count). The van der Waals surface area contributed by atoms with Crippen LogP contribution in [0.5, 0.6) is 0 Å². The number of nitrogens with one attached hydrogen (secondary N) is 1. The van der Waals surface area contributed by atoms with Crippen LogP contribution >= 0.6 is 7.82 Å². The van der Waals surface area contributed by atoms with E-state index in [0.29, 0.717) is 25.8 Å². The third kappa shape index (κ3) is 15.1. The summed E-state index contributed by atoms with van der Waals surface area (Å²) in [6, 6.07) is 0. The number of H-pyrrole nitrogens is 1. The highest BCUT2D eigenvalue weighted by molar-refractivity contribution is 7.45. The first-order chi connectivity index (χ1) is 19.7. The molecule has 0 spiro atoms. The second kappa shape index (κ2) is 20.5. The summed E-state index contributed by atoms with van der Waals surface area (Å²) >= 11 is 0. The van der Waals surface area contributed by atoms with Gasteiger partial charge < -0.3 is 28.5 Å². The van der Waals surface area contributed by atoms with E-state index in [1.807, 2.05) is 0 Å². The molecule has 1 aliphatic rings. The molecule has 1 aromatic rings. The summed E-state index contributed by atoms with van der Waals surface area (Å²) in [6.45, 7) is 2.59. The molecule has 1 fully saturated rings. The number of phosphoric ester groups is 1. The lowest BCUT2D eigenvalue weighted by atomic mass is 10.0. The first kappa shape index (κ1) is 35.8. The number of halogens is 1. The van der Waals surface area contributed by atoms with Gasteiger partial charge in [-0.1, -0.05) is 90.4 Å². The summed E-state index contributed by atoms with van der Waals surface area (Å²) in [5, 5.41) is 10.1. The van der Waals surface area contributed by atoms with E-state index < -0.39 is 49.9 Å².